The van der Waals surface area contributed by atoms with Gasteiger partial charge < -0.3 is 25.6 Å². The van der Waals surface area contributed by atoms with Crippen molar-refractivity contribution < 1.29 is 28.4 Å². The zero-order valence-electron chi connectivity index (χ0n) is 20.6. The SMILES string of the molecule is CC(C)C(NC(=O)c1onc(-c2ccc(NC(=O)Nc3ccc(F)cc3)cc2)c1-c1ccccc1)C(=O)O. The molecule has 1 aromatic heterocycles. The third-order valence-corrected chi connectivity index (χ3v) is 5.70. The van der Waals surface area contributed by atoms with Crippen molar-refractivity contribution in [2.45, 2.75) is 19.9 Å². The van der Waals surface area contributed by atoms with E-state index in [-0.39, 0.29) is 11.7 Å². The Bertz CT molecular complexity index is 1430. The standard InChI is InChI=1S/C28H25FN4O5/c1-16(2)23(27(35)36)32-26(34)25-22(17-6-4-3-5-7-17)24(33-38-25)18-8-12-20(13-9-18)30-28(37)31-21-14-10-19(29)11-15-21/h3-16,23H,1-2H3,(H,32,34)(H,35,36)(H2,30,31,37). The molecule has 3 aromatic carbocycles. The number of hydrogen-bond donors (Lipinski definition) is 4. The summed E-state index contributed by atoms with van der Waals surface area (Å²) in [5.41, 5.74) is 2.97. The van der Waals surface area contributed by atoms with Gasteiger partial charge in [-0.05, 0) is 47.9 Å². The fraction of sp³-hybridized carbons (Fsp3) is 0.143. The first-order chi connectivity index (χ1) is 18.2. The van der Waals surface area contributed by atoms with Gasteiger partial charge in [0.2, 0.25) is 5.76 Å². The molecule has 1 unspecified atom stereocenters. The fourth-order valence-corrected chi connectivity index (χ4v) is 3.77. The van der Waals surface area contributed by atoms with E-state index in [4.69, 9.17) is 4.52 Å². The number of benzene rings is 3. The maximum absolute atomic E-state index is 13.1. The van der Waals surface area contributed by atoms with Gasteiger partial charge in [-0.3, -0.25) is 4.79 Å². The second kappa shape index (κ2) is 11.4. The van der Waals surface area contributed by atoms with Crippen molar-refractivity contribution in [2.75, 3.05) is 10.6 Å². The minimum atomic E-state index is -1.15. The number of anilines is 2. The Labute approximate surface area is 217 Å². The summed E-state index contributed by atoms with van der Waals surface area (Å²) < 4.78 is 18.5. The van der Waals surface area contributed by atoms with Crippen molar-refractivity contribution >= 4 is 29.3 Å². The van der Waals surface area contributed by atoms with E-state index in [9.17, 15) is 23.9 Å². The Morgan fingerprint density at radius 2 is 1.42 bits per heavy atom. The third-order valence-electron chi connectivity index (χ3n) is 5.70. The van der Waals surface area contributed by atoms with Gasteiger partial charge in [0.15, 0.2) is 0 Å². The Balaban J connectivity index is 1.59. The number of hydrogen-bond acceptors (Lipinski definition) is 5. The van der Waals surface area contributed by atoms with Crippen LogP contribution in [-0.4, -0.2) is 34.2 Å². The quantitative estimate of drug-likeness (QED) is 0.240. The third kappa shape index (κ3) is 6.04. The largest absolute Gasteiger partial charge is 0.480 e. The van der Waals surface area contributed by atoms with Crippen molar-refractivity contribution in [3.05, 3.63) is 90.4 Å². The molecule has 10 heteroatoms. The van der Waals surface area contributed by atoms with Gasteiger partial charge in [0.25, 0.3) is 5.91 Å². The normalized spacial score (nSPS) is 11.6. The smallest absolute Gasteiger partial charge is 0.326 e. The van der Waals surface area contributed by atoms with E-state index in [0.29, 0.717) is 33.8 Å². The van der Waals surface area contributed by atoms with E-state index >= 15 is 0 Å². The van der Waals surface area contributed by atoms with Gasteiger partial charge in [0.05, 0.1) is 5.56 Å². The summed E-state index contributed by atoms with van der Waals surface area (Å²) in [4.78, 5) is 37.0. The van der Waals surface area contributed by atoms with E-state index in [1.54, 1.807) is 62.4 Å². The number of nitrogens with zero attached hydrogens (tertiary/aromatic N) is 1. The fourth-order valence-electron chi connectivity index (χ4n) is 3.77. The molecule has 4 aromatic rings. The van der Waals surface area contributed by atoms with Crippen LogP contribution in [0, 0.1) is 11.7 Å². The zero-order chi connectivity index (χ0) is 27.2. The minimum absolute atomic E-state index is 0.112. The Morgan fingerprint density at radius 3 is 1.97 bits per heavy atom. The second-order valence-electron chi connectivity index (χ2n) is 8.80. The highest BCUT2D eigenvalue weighted by Crippen LogP contribution is 2.35. The van der Waals surface area contributed by atoms with E-state index in [1.807, 2.05) is 6.07 Å². The lowest BCUT2D eigenvalue weighted by molar-refractivity contribution is -0.140. The summed E-state index contributed by atoms with van der Waals surface area (Å²) in [5.74, 6) is -2.71. The number of carbonyl (C=O) groups excluding carboxylic acids is 2. The van der Waals surface area contributed by atoms with Gasteiger partial charge in [-0.1, -0.05) is 61.5 Å². The summed E-state index contributed by atoms with van der Waals surface area (Å²) in [6.07, 6.45) is 0. The monoisotopic (exact) mass is 516 g/mol. The van der Waals surface area contributed by atoms with Gasteiger partial charge in [-0.15, -0.1) is 0 Å². The topological polar surface area (TPSA) is 134 Å². The van der Waals surface area contributed by atoms with Gasteiger partial charge in [0.1, 0.15) is 17.6 Å². The number of amides is 3. The highest BCUT2D eigenvalue weighted by atomic mass is 19.1. The summed E-state index contributed by atoms with van der Waals surface area (Å²) in [5, 5.41) is 21.4. The molecule has 3 amide bonds. The summed E-state index contributed by atoms with van der Waals surface area (Å²) in [6, 6.07) is 19.5. The molecule has 1 atom stereocenters. The van der Waals surface area contributed by atoms with Crippen LogP contribution in [0.15, 0.2) is 83.4 Å². The van der Waals surface area contributed by atoms with Crippen molar-refractivity contribution in [1.29, 1.82) is 0 Å². The van der Waals surface area contributed by atoms with Crippen LogP contribution in [0.25, 0.3) is 22.4 Å². The molecule has 0 fully saturated rings. The maximum Gasteiger partial charge on any atom is 0.326 e. The summed E-state index contributed by atoms with van der Waals surface area (Å²) in [7, 11) is 0. The molecule has 9 nitrogen and oxygen atoms in total. The summed E-state index contributed by atoms with van der Waals surface area (Å²) in [6.45, 7) is 3.39. The maximum atomic E-state index is 13.1. The Morgan fingerprint density at radius 1 is 0.842 bits per heavy atom. The average molecular weight is 517 g/mol. The summed E-state index contributed by atoms with van der Waals surface area (Å²) >= 11 is 0. The first kappa shape index (κ1) is 26.1. The van der Waals surface area contributed by atoms with Gasteiger partial charge in [-0.25, -0.2) is 14.0 Å². The lowest BCUT2D eigenvalue weighted by Crippen LogP contribution is -2.44. The number of carbonyl (C=O) groups is 3. The van der Waals surface area contributed by atoms with Crippen molar-refractivity contribution in [1.82, 2.24) is 10.5 Å². The molecular weight excluding hydrogens is 491 g/mol. The molecule has 38 heavy (non-hydrogen) atoms. The highest BCUT2D eigenvalue weighted by molar-refractivity contribution is 6.03. The van der Waals surface area contributed by atoms with Crippen LogP contribution in [0.5, 0.6) is 0 Å². The van der Waals surface area contributed by atoms with E-state index in [2.05, 4.69) is 21.1 Å². The molecule has 0 aliphatic rings. The van der Waals surface area contributed by atoms with Crippen LogP contribution in [-0.2, 0) is 4.79 Å². The Kier molecular flexibility index (Phi) is 7.81. The first-order valence-electron chi connectivity index (χ1n) is 11.8. The number of aromatic nitrogens is 1. The number of nitrogens with one attached hydrogen (secondary N) is 3. The molecule has 0 radical (unpaired) electrons. The zero-order valence-corrected chi connectivity index (χ0v) is 20.6. The lowest BCUT2D eigenvalue weighted by atomic mass is 9.98. The van der Waals surface area contributed by atoms with Crippen LogP contribution >= 0.6 is 0 Å². The Hall–Kier alpha value is -4.99. The number of carboxylic acid groups (broad SMARTS) is 1. The van der Waals surface area contributed by atoms with E-state index < -0.39 is 29.8 Å². The number of carboxylic acids is 1. The van der Waals surface area contributed by atoms with Gasteiger partial charge in [-0.2, -0.15) is 0 Å². The molecule has 0 saturated heterocycles. The van der Waals surface area contributed by atoms with Crippen molar-refractivity contribution in [3.63, 3.8) is 0 Å². The molecule has 0 aliphatic carbocycles. The molecule has 0 aliphatic heterocycles. The predicted molar refractivity (Wildman–Crippen MR) is 140 cm³/mol. The van der Waals surface area contributed by atoms with Gasteiger partial charge >= 0.3 is 12.0 Å². The minimum Gasteiger partial charge on any atom is -0.480 e. The predicted octanol–water partition coefficient (Wildman–Crippen LogP) is 5.63. The van der Waals surface area contributed by atoms with Crippen LogP contribution in [0.4, 0.5) is 20.6 Å². The second-order valence-corrected chi connectivity index (χ2v) is 8.80. The molecule has 4 N–H and O–H groups in total. The van der Waals surface area contributed by atoms with E-state index in [0.717, 1.165) is 0 Å². The lowest BCUT2D eigenvalue weighted by Gasteiger charge is -2.17. The van der Waals surface area contributed by atoms with Gasteiger partial charge in [0, 0.05) is 16.9 Å². The number of urea groups is 1. The molecule has 0 bridgehead atoms. The average Bonchev–Trinajstić information content (AvgIpc) is 3.34. The van der Waals surface area contributed by atoms with Crippen LogP contribution in [0.1, 0.15) is 24.4 Å². The number of aliphatic carboxylic acids is 1. The molecule has 1 heterocycles. The van der Waals surface area contributed by atoms with E-state index in [1.165, 1.54) is 24.3 Å². The number of rotatable bonds is 8. The van der Waals surface area contributed by atoms with Crippen LogP contribution in [0.3, 0.4) is 0 Å². The van der Waals surface area contributed by atoms with Crippen LogP contribution in [0.2, 0.25) is 0 Å². The number of halogens is 1. The molecule has 4 rings (SSSR count). The highest BCUT2D eigenvalue weighted by Gasteiger charge is 2.29. The van der Waals surface area contributed by atoms with Crippen molar-refractivity contribution in [3.8, 4) is 22.4 Å². The van der Waals surface area contributed by atoms with Crippen LogP contribution < -0.4 is 16.0 Å². The van der Waals surface area contributed by atoms with Crippen molar-refractivity contribution in [2.24, 2.45) is 5.92 Å². The molecule has 0 saturated carbocycles. The molecule has 0 spiro atoms. The molecule has 194 valence electrons. The molecular formula is C28H25FN4O5. The first-order valence-corrected chi connectivity index (χ1v) is 11.8.